The van der Waals surface area contributed by atoms with Crippen molar-refractivity contribution >= 4 is 46.0 Å². The number of carbonyl (C=O) groups is 1. The average Bonchev–Trinajstić information content (AvgIpc) is 2.37. The highest BCUT2D eigenvalue weighted by Crippen LogP contribution is 2.26. The van der Waals surface area contributed by atoms with E-state index in [0.717, 1.165) is 0 Å². The fourth-order valence-electron chi connectivity index (χ4n) is 1.43. The van der Waals surface area contributed by atoms with E-state index < -0.39 is 11.6 Å². The number of nitrogens with one attached hydrogen (secondary N) is 1. The van der Waals surface area contributed by atoms with E-state index in [1.807, 2.05) is 0 Å². The van der Waals surface area contributed by atoms with Gasteiger partial charge in [0.05, 0.1) is 33.8 Å². The van der Waals surface area contributed by atoms with Crippen LogP contribution in [0.15, 0.2) is 18.3 Å². The third kappa shape index (κ3) is 3.09. The summed E-state index contributed by atoms with van der Waals surface area (Å²) in [4.78, 5) is 19.1. The monoisotopic (exact) mass is 315 g/mol. The molecule has 0 fully saturated rings. The highest BCUT2D eigenvalue weighted by Gasteiger charge is 2.29. The zero-order valence-electron chi connectivity index (χ0n) is 10.4. The van der Waals surface area contributed by atoms with Crippen LogP contribution in [0.2, 0.25) is 10.0 Å². The molecule has 20 heavy (non-hydrogen) atoms. The molecule has 0 radical (unpaired) electrons. The number of hydrogen-bond acceptors (Lipinski definition) is 5. The molecule has 8 heteroatoms. The maximum Gasteiger partial charge on any atom is 0.337 e. The van der Waals surface area contributed by atoms with Crippen LogP contribution in [0.4, 0.5) is 5.82 Å². The number of halogens is 2. The number of benzene rings is 1. The number of hydrogen-bond donors (Lipinski definition) is 3. The molecule has 0 bridgehead atoms. The number of aliphatic carboxylic acids is 1. The molecule has 1 heterocycles. The van der Waals surface area contributed by atoms with Crippen LogP contribution in [-0.2, 0) is 4.79 Å². The lowest BCUT2D eigenvalue weighted by atomic mass is 10.1. The Morgan fingerprint density at radius 1 is 1.35 bits per heavy atom. The summed E-state index contributed by atoms with van der Waals surface area (Å²) in [6, 6.07) is 3.15. The second-order valence-electron chi connectivity index (χ2n) is 4.44. The van der Waals surface area contributed by atoms with Crippen molar-refractivity contribution < 1.29 is 15.0 Å². The zero-order chi connectivity index (χ0) is 14.9. The molecule has 1 aromatic carbocycles. The smallest absolute Gasteiger partial charge is 0.337 e. The standard InChI is InChI=1S/C12H11Cl2N3O3/c1-12(20,11(18)19)5-16-10-4-15-8-2-6(13)7(14)3-9(8)17-10/h2-4,20H,5H2,1H3,(H,16,17)(H,18,19). The van der Waals surface area contributed by atoms with Crippen molar-refractivity contribution in [3.05, 3.63) is 28.4 Å². The van der Waals surface area contributed by atoms with E-state index in [2.05, 4.69) is 15.3 Å². The van der Waals surface area contributed by atoms with E-state index in [9.17, 15) is 9.90 Å². The summed E-state index contributed by atoms with van der Waals surface area (Å²) in [5, 5.41) is 21.8. The van der Waals surface area contributed by atoms with Crippen LogP contribution in [0, 0.1) is 0 Å². The summed E-state index contributed by atoms with van der Waals surface area (Å²) in [5.74, 6) is -0.994. The minimum Gasteiger partial charge on any atom is -0.479 e. The first-order chi connectivity index (χ1) is 9.29. The molecule has 1 atom stereocenters. The first-order valence-electron chi connectivity index (χ1n) is 5.61. The van der Waals surface area contributed by atoms with Crippen LogP contribution in [-0.4, -0.2) is 38.3 Å². The van der Waals surface area contributed by atoms with Crippen molar-refractivity contribution in [3.63, 3.8) is 0 Å². The highest BCUT2D eigenvalue weighted by molar-refractivity contribution is 6.42. The van der Waals surface area contributed by atoms with Gasteiger partial charge in [-0.2, -0.15) is 0 Å². The SMILES string of the molecule is CC(O)(CNc1cnc2cc(Cl)c(Cl)cc2n1)C(=O)O. The Labute approximate surface area is 124 Å². The Balaban J connectivity index is 2.24. The molecule has 1 aromatic heterocycles. The van der Waals surface area contributed by atoms with Gasteiger partial charge in [0, 0.05) is 0 Å². The van der Waals surface area contributed by atoms with E-state index in [-0.39, 0.29) is 6.54 Å². The average molecular weight is 316 g/mol. The third-order valence-electron chi connectivity index (χ3n) is 2.66. The van der Waals surface area contributed by atoms with Gasteiger partial charge in [-0.05, 0) is 19.1 Å². The fourth-order valence-corrected chi connectivity index (χ4v) is 1.75. The number of anilines is 1. The number of carboxylic acid groups (broad SMARTS) is 1. The van der Waals surface area contributed by atoms with Gasteiger partial charge >= 0.3 is 5.97 Å². The minimum atomic E-state index is -1.89. The van der Waals surface area contributed by atoms with Crippen molar-refractivity contribution in [2.75, 3.05) is 11.9 Å². The summed E-state index contributed by atoms with van der Waals surface area (Å²) in [6.07, 6.45) is 1.42. The van der Waals surface area contributed by atoms with Crippen LogP contribution in [0.25, 0.3) is 11.0 Å². The summed E-state index contributed by atoms with van der Waals surface area (Å²) < 4.78 is 0. The van der Waals surface area contributed by atoms with Gasteiger partial charge in [0.2, 0.25) is 0 Å². The van der Waals surface area contributed by atoms with Gasteiger partial charge in [0.1, 0.15) is 5.82 Å². The maximum absolute atomic E-state index is 10.8. The molecule has 0 amide bonds. The minimum absolute atomic E-state index is 0.205. The number of carboxylic acids is 1. The van der Waals surface area contributed by atoms with Gasteiger partial charge in [-0.1, -0.05) is 23.2 Å². The Morgan fingerprint density at radius 2 is 1.95 bits per heavy atom. The lowest BCUT2D eigenvalue weighted by Crippen LogP contribution is -2.41. The second kappa shape index (κ2) is 5.40. The first-order valence-corrected chi connectivity index (χ1v) is 6.36. The molecule has 1 unspecified atom stereocenters. The quantitative estimate of drug-likeness (QED) is 0.800. The Bertz CT molecular complexity index is 676. The van der Waals surface area contributed by atoms with Gasteiger partial charge in [-0.3, -0.25) is 4.98 Å². The number of rotatable bonds is 4. The topological polar surface area (TPSA) is 95.3 Å². The van der Waals surface area contributed by atoms with Gasteiger partial charge in [-0.25, -0.2) is 9.78 Å². The summed E-state index contributed by atoms with van der Waals surface area (Å²) in [5.41, 5.74) is -0.816. The molecule has 0 aliphatic carbocycles. The van der Waals surface area contributed by atoms with Crippen LogP contribution in [0.5, 0.6) is 0 Å². The lowest BCUT2D eigenvalue weighted by molar-refractivity contribution is -0.155. The number of nitrogens with zero attached hydrogens (tertiary/aromatic N) is 2. The first kappa shape index (κ1) is 14.8. The highest BCUT2D eigenvalue weighted by atomic mass is 35.5. The van der Waals surface area contributed by atoms with Gasteiger partial charge in [0.15, 0.2) is 5.60 Å². The van der Waals surface area contributed by atoms with Gasteiger partial charge < -0.3 is 15.5 Å². The fraction of sp³-hybridized carbons (Fsp3) is 0.250. The molecule has 0 saturated carbocycles. The van der Waals surface area contributed by atoms with E-state index in [1.54, 1.807) is 12.1 Å². The van der Waals surface area contributed by atoms with Crippen molar-refractivity contribution in [1.82, 2.24) is 9.97 Å². The molecule has 6 nitrogen and oxygen atoms in total. The summed E-state index contributed by atoms with van der Waals surface area (Å²) >= 11 is 11.8. The normalized spacial score (nSPS) is 14.0. The molecule has 3 N–H and O–H groups in total. The Morgan fingerprint density at radius 3 is 2.55 bits per heavy atom. The predicted molar refractivity (Wildman–Crippen MR) is 76.3 cm³/mol. The maximum atomic E-state index is 10.8. The lowest BCUT2D eigenvalue weighted by Gasteiger charge is -2.18. The number of aromatic nitrogens is 2. The van der Waals surface area contributed by atoms with Crippen LogP contribution < -0.4 is 5.32 Å². The molecular formula is C12H11Cl2N3O3. The molecule has 2 rings (SSSR count). The summed E-state index contributed by atoms with van der Waals surface area (Å²) in [6.45, 7) is 0.983. The zero-order valence-corrected chi connectivity index (χ0v) is 11.9. The molecule has 0 spiro atoms. The molecule has 106 valence electrons. The Hall–Kier alpha value is -1.63. The van der Waals surface area contributed by atoms with E-state index in [0.29, 0.717) is 26.9 Å². The third-order valence-corrected chi connectivity index (χ3v) is 3.38. The molecule has 0 aliphatic heterocycles. The van der Waals surface area contributed by atoms with Gasteiger partial charge in [-0.15, -0.1) is 0 Å². The second-order valence-corrected chi connectivity index (χ2v) is 5.26. The molecular weight excluding hydrogens is 305 g/mol. The van der Waals surface area contributed by atoms with E-state index in [1.165, 1.54) is 13.1 Å². The van der Waals surface area contributed by atoms with Crippen LogP contribution in [0.1, 0.15) is 6.92 Å². The van der Waals surface area contributed by atoms with Gasteiger partial charge in [0.25, 0.3) is 0 Å². The molecule has 2 aromatic rings. The largest absolute Gasteiger partial charge is 0.479 e. The van der Waals surface area contributed by atoms with Crippen LogP contribution in [0.3, 0.4) is 0 Å². The van der Waals surface area contributed by atoms with Crippen molar-refractivity contribution in [3.8, 4) is 0 Å². The number of fused-ring (bicyclic) bond motifs is 1. The van der Waals surface area contributed by atoms with Crippen molar-refractivity contribution in [2.24, 2.45) is 0 Å². The van der Waals surface area contributed by atoms with Crippen molar-refractivity contribution in [2.45, 2.75) is 12.5 Å². The van der Waals surface area contributed by atoms with E-state index in [4.69, 9.17) is 28.3 Å². The molecule has 0 aliphatic rings. The van der Waals surface area contributed by atoms with Crippen molar-refractivity contribution in [1.29, 1.82) is 0 Å². The summed E-state index contributed by atoms with van der Waals surface area (Å²) in [7, 11) is 0. The van der Waals surface area contributed by atoms with Crippen LogP contribution >= 0.6 is 23.2 Å². The molecule has 0 saturated heterocycles. The van der Waals surface area contributed by atoms with E-state index >= 15 is 0 Å². The predicted octanol–water partition coefficient (Wildman–Crippen LogP) is 2.18. The Kier molecular flexibility index (Phi) is 3.99. The number of aliphatic hydroxyl groups is 1.